The minimum atomic E-state index is 0. The Morgan fingerprint density at radius 1 is 1.40 bits per heavy atom. The van der Waals surface area contributed by atoms with Crippen molar-refractivity contribution in [2.24, 2.45) is 11.8 Å². The zero-order valence-corrected chi connectivity index (χ0v) is 13.0. The predicted molar refractivity (Wildman–Crippen MR) is 84.6 cm³/mol. The summed E-state index contributed by atoms with van der Waals surface area (Å²) in [5, 5.41) is 3.26. The van der Waals surface area contributed by atoms with Gasteiger partial charge in [0, 0.05) is 18.2 Å². The van der Waals surface area contributed by atoms with E-state index in [1.807, 2.05) is 4.90 Å². The maximum absolute atomic E-state index is 12.7. The molecule has 3 rings (SSSR count). The number of rotatable bonds is 2. The minimum Gasteiger partial charge on any atom is -0.316 e. The quantitative estimate of drug-likeness (QED) is 0.909. The molecule has 1 amide bonds. The van der Waals surface area contributed by atoms with Gasteiger partial charge in [-0.2, -0.15) is 0 Å². The van der Waals surface area contributed by atoms with Gasteiger partial charge in [-0.1, -0.05) is 24.6 Å². The van der Waals surface area contributed by atoms with Crippen LogP contribution in [-0.4, -0.2) is 25.5 Å². The van der Waals surface area contributed by atoms with Crippen LogP contribution >= 0.6 is 12.4 Å². The van der Waals surface area contributed by atoms with Crippen molar-refractivity contribution in [3.8, 4) is 0 Å². The first-order valence-electron chi connectivity index (χ1n) is 7.28. The van der Waals surface area contributed by atoms with Crippen molar-refractivity contribution in [3.05, 3.63) is 29.3 Å². The summed E-state index contributed by atoms with van der Waals surface area (Å²) in [4.78, 5) is 14.7. The monoisotopic (exact) mass is 294 g/mol. The van der Waals surface area contributed by atoms with E-state index in [1.165, 1.54) is 11.1 Å². The number of aryl methyl sites for hydroxylation is 2. The van der Waals surface area contributed by atoms with Gasteiger partial charge in [-0.3, -0.25) is 4.79 Å². The molecule has 1 fully saturated rings. The van der Waals surface area contributed by atoms with Gasteiger partial charge < -0.3 is 10.2 Å². The van der Waals surface area contributed by atoms with Gasteiger partial charge >= 0.3 is 0 Å². The van der Waals surface area contributed by atoms with E-state index in [0.717, 1.165) is 38.2 Å². The number of benzene rings is 1. The first-order valence-corrected chi connectivity index (χ1v) is 7.28. The van der Waals surface area contributed by atoms with Crippen molar-refractivity contribution < 1.29 is 4.79 Å². The Morgan fingerprint density at radius 2 is 2.15 bits per heavy atom. The molecule has 2 heterocycles. The molecule has 0 aromatic heterocycles. The molecule has 20 heavy (non-hydrogen) atoms. The summed E-state index contributed by atoms with van der Waals surface area (Å²) in [6.07, 6.45) is 2.18. The number of nitrogens with one attached hydrogen (secondary N) is 1. The third kappa shape index (κ3) is 2.70. The molecule has 1 aromatic carbocycles. The van der Waals surface area contributed by atoms with Crippen LogP contribution in [0.1, 0.15) is 24.5 Å². The number of fused-ring (bicyclic) bond motifs is 1. The van der Waals surface area contributed by atoms with Crippen molar-refractivity contribution >= 4 is 24.0 Å². The highest BCUT2D eigenvalue weighted by atomic mass is 35.5. The predicted octanol–water partition coefficient (Wildman–Crippen LogP) is 2.55. The zero-order valence-electron chi connectivity index (χ0n) is 12.2. The topological polar surface area (TPSA) is 32.3 Å². The van der Waals surface area contributed by atoms with E-state index < -0.39 is 0 Å². The van der Waals surface area contributed by atoms with Crippen LogP contribution in [-0.2, 0) is 11.2 Å². The Morgan fingerprint density at radius 3 is 2.80 bits per heavy atom. The Balaban J connectivity index is 0.00000147. The largest absolute Gasteiger partial charge is 0.316 e. The third-order valence-corrected chi connectivity index (χ3v) is 4.53. The highest BCUT2D eigenvalue weighted by molar-refractivity contribution is 5.96. The summed E-state index contributed by atoms with van der Waals surface area (Å²) in [6, 6.07) is 6.46. The number of amides is 1. The van der Waals surface area contributed by atoms with Crippen LogP contribution in [0.25, 0.3) is 0 Å². The minimum absolute atomic E-state index is 0. The van der Waals surface area contributed by atoms with Crippen LogP contribution in [0, 0.1) is 18.8 Å². The Kier molecular flexibility index (Phi) is 4.71. The number of carbonyl (C=O) groups is 1. The molecule has 3 nitrogen and oxygen atoms in total. The summed E-state index contributed by atoms with van der Waals surface area (Å²) >= 11 is 0. The number of hydrogen-bond donors (Lipinski definition) is 1. The lowest BCUT2D eigenvalue weighted by molar-refractivity contribution is -0.124. The van der Waals surface area contributed by atoms with Crippen molar-refractivity contribution in [1.29, 1.82) is 0 Å². The molecule has 1 atom stereocenters. The fourth-order valence-corrected chi connectivity index (χ4v) is 3.07. The van der Waals surface area contributed by atoms with Crippen LogP contribution < -0.4 is 10.2 Å². The molecular weight excluding hydrogens is 272 g/mol. The van der Waals surface area contributed by atoms with Crippen LogP contribution in [0.4, 0.5) is 5.69 Å². The van der Waals surface area contributed by atoms with Gasteiger partial charge in [0.1, 0.15) is 0 Å². The van der Waals surface area contributed by atoms with E-state index in [0.29, 0.717) is 11.8 Å². The van der Waals surface area contributed by atoms with Crippen LogP contribution in [0.15, 0.2) is 18.2 Å². The summed E-state index contributed by atoms with van der Waals surface area (Å²) in [5.41, 5.74) is 3.75. The van der Waals surface area contributed by atoms with Crippen molar-refractivity contribution in [2.45, 2.75) is 26.7 Å². The molecule has 0 bridgehead atoms. The molecule has 1 N–H and O–H groups in total. The Labute approximate surface area is 127 Å². The summed E-state index contributed by atoms with van der Waals surface area (Å²) in [7, 11) is 0. The van der Waals surface area contributed by atoms with Gasteiger partial charge in [0.2, 0.25) is 5.91 Å². The Bertz CT molecular complexity index is 499. The molecule has 0 saturated carbocycles. The lowest BCUT2D eigenvalue weighted by Gasteiger charge is -2.37. The summed E-state index contributed by atoms with van der Waals surface area (Å²) in [6.45, 7) is 7.04. The average molecular weight is 295 g/mol. The second-order valence-electron chi connectivity index (χ2n) is 5.93. The third-order valence-electron chi connectivity index (χ3n) is 4.53. The lowest BCUT2D eigenvalue weighted by atomic mass is 9.87. The first kappa shape index (κ1) is 15.3. The molecule has 1 saturated heterocycles. The van der Waals surface area contributed by atoms with E-state index in [2.05, 4.69) is 37.4 Å². The van der Waals surface area contributed by atoms with E-state index in [4.69, 9.17) is 0 Å². The fourth-order valence-electron chi connectivity index (χ4n) is 3.07. The number of halogens is 1. The number of carbonyl (C=O) groups excluding carboxylic acids is 1. The highest BCUT2D eigenvalue weighted by Gasteiger charge is 2.33. The summed E-state index contributed by atoms with van der Waals surface area (Å²) < 4.78 is 0. The number of nitrogens with zero attached hydrogens (tertiary/aromatic N) is 1. The molecular formula is C16H23ClN2O. The Hall–Kier alpha value is -1.06. The molecule has 1 unspecified atom stereocenters. The maximum Gasteiger partial charge on any atom is 0.230 e. The lowest BCUT2D eigenvalue weighted by Crippen LogP contribution is -2.51. The van der Waals surface area contributed by atoms with E-state index in [-0.39, 0.29) is 18.3 Å². The fraction of sp³-hybridized carbons (Fsp3) is 0.562. The smallest absolute Gasteiger partial charge is 0.230 e. The molecule has 0 radical (unpaired) electrons. The van der Waals surface area contributed by atoms with Crippen molar-refractivity contribution in [3.63, 3.8) is 0 Å². The standard InChI is InChI=1S/C16H22N2O.ClH/c1-11-5-6-15-13(8-11)4-3-7-18(15)16(19)12(2)14-9-17-10-14;/h5-6,8,12,14,17H,3-4,7,9-10H2,1-2H3;1H. The van der Waals surface area contributed by atoms with E-state index in [1.54, 1.807) is 0 Å². The number of hydrogen-bond acceptors (Lipinski definition) is 2. The van der Waals surface area contributed by atoms with Gasteiger partial charge in [-0.15, -0.1) is 12.4 Å². The molecule has 0 spiro atoms. The van der Waals surface area contributed by atoms with E-state index in [9.17, 15) is 4.79 Å². The van der Waals surface area contributed by atoms with Crippen LogP contribution in [0.5, 0.6) is 0 Å². The number of anilines is 1. The van der Waals surface area contributed by atoms with E-state index >= 15 is 0 Å². The molecule has 110 valence electrons. The molecule has 2 aliphatic rings. The molecule has 2 aliphatic heterocycles. The molecule has 1 aromatic rings. The summed E-state index contributed by atoms with van der Waals surface area (Å²) in [5.74, 6) is 0.952. The van der Waals surface area contributed by atoms with Gasteiger partial charge in [-0.25, -0.2) is 0 Å². The normalized spacial score (nSPS) is 19.6. The second kappa shape index (κ2) is 6.15. The van der Waals surface area contributed by atoms with Gasteiger partial charge in [0.05, 0.1) is 0 Å². The zero-order chi connectivity index (χ0) is 13.4. The maximum atomic E-state index is 12.7. The highest BCUT2D eigenvalue weighted by Crippen LogP contribution is 2.30. The first-order chi connectivity index (χ1) is 9.16. The SMILES string of the molecule is Cc1ccc2c(c1)CCCN2C(=O)C(C)C1CNC1.Cl. The van der Waals surface area contributed by atoms with Gasteiger partial charge in [0.15, 0.2) is 0 Å². The average Bonchev–Trinajstić information content (AvgIpc) is 2.34. The molecule has 0 aliphatic carbocycles. The van der Waals surface area contributed by atoms with Crippen molar-refractivity contribution in [2.75, 3.05) is 24.5 Å². The second-order valence-corrected chi connectivity index (χ2v) is 5.93. The molecule has 4 heteroatoms. The van der Waals surface area contributed by atoms with Crippen LogP contribution in [0.3, 0.4) is 0 Å². The van der Waals surface area contributed by atoms with Gasteiger partial charge in [-0.05, 0) is 50.4 Å². The van der Waals surface area contributed by atoms with Crippen molar-refractivity contribution in [1.82, 2.24) is 5.32 Å². The van der Waals surface area contributed by atoms with Gasteiger partial charge in [0.25, 0.3) is 0 Å². The van der Waals surface area contributed by atoms with Crippen LogP contribution in [0.2, 0.25) is 0 Å².